The zero-order chi connectivity index (χ0) is 20.9. The second kappa shape index (κ2) is 7.51. The molecule has 10 heteroatoms. The Morgan fingerprint density at radius 1 is 1.30 bits per heavy atom. The third kappa shape index (κ3) is 3.46. The number of fused-ring (bicyclic) bond motifs is 5. The van der Waals surface area contributed by atoms with Crippen molar-refractivity contribution in [3.05, 3.63) is 29.3 Å². The molecule has 6 nitrogen and oxygen atoms in total. The van der Waals surface area contributed by atoms with Gasteiger partial charge in [0.05, 0.1) is 5.56 Å². The van der Waals surface area contributed by atoms with E-state index in [2.05, 4.69) is 20.2 Å². The fourth-order valence-electron chi connectivity index (χ4n) is 4.46. The number of hydrogen-bond donors (Lipinski definition) is 1. The van der Waals surface area contributed by atoms with Gasteiger partial charge in [-0.25, -0.2) is 4.98 Å². The van der Waals surface area contributed by atoms with Crippen LogP contribution in [0.3, 0.4) is 0 Å². The first-order valence-electron chi connectivity index (χ1n) is 9.85. The summed E-state index contributed by atoms with van der Waals surface area (Å²) in [5.41, 5.74) is 1.32. The molecule has 3 unspecified atom stereocenters. The van der Waals surface area contributed by atoms with Crippen LogP contribution in [-0.2, 0) is 4.74 Å². The molecule has 1 aromatic carbocycles. The van der Waals surface area contributed by atoms with Gasteiger partial charge in [-0.2, -0.15) is 18.2 Å². The van der Waals surface area contributed by atoms with Crippen LogP contribution in [0, 0.1) is 5.92 Å². The number of alkyl halides is 3. The maximum Gasteiger partial charge on any atom is 0.418 e. The van der Waals surface area contributed by atoms with Crippen molar-refractivity contribution in [2.45, 2.75) is 31.2 Å². The van der Waals surface area contributed by atoms with Crippen LogP contribution in [0.5, 0.6) is 0 Å². The molecule has 3 aromatic rings. The monoisotopic (exact) mass is 438 g/mol. The number of ether oxygens (including phenoxy) is 1. The molecule has 3 atom stereocenters. The molecule has 3 saturated heterocycles. The number of halogens is 3. The Labute approximate surface area is 175 Å². The zero-order valence-corrected chi connectivity index (χ0v) is 17.1. The van der Waals surface area contributed by atoms with Gasteiger partial charge >= 0.3 is 6.18 Å². The fourth-order valence-corrected chi connectivity index (χ4v) is 5.11. The number of piperidine rings is 1. The van der Waals surface area contributed by atoms with Crippen LogP contribution in [0.25, 0.3) is 21.7 Å². The fraction of sp³-hybridized carbons (Fsp3) is 0.500. The number of rotatable bonds is 4. The van der Waals surface area contributed by atoms with Crippen LogP contribution >= 0.6 is 11.3 Å². The summed E-state index contributed by atoms with van der Waals surface area (Å²) >= 11 is 1.34. The number of methoxy groups -OCH3 is 1. The maximum atomic E-state index is 13.5. The second-order valence-electron chi connectivity index (χ2n) is 7.82. The number of oxazole rings is 1. The van der Waals surface area contributed by atoms with Crippen LogP contribution < -0.4 is 10.2 Å². The van der Waals surface area contributed by atoms with Crippen LogP contribution in [0.15, 0.2) is 28.1 Å². The van der Waals surface area contributed by atoms with E-state index in [9.17, 15) is 13.2 Å². The van der Waals surface area contributed by atoms with Gasteiger partial charge < -0.3 is 19.4 Å². The lowest BCUT2D eigenvalue weighted by Gasteiger charge is -2.34. The minimum absolute atomic E-state index is 0.0124. The van der Waals surface area contributed by atoms with Gasteiger partial charge in [0.15, 0.2) is 11.7 Å². The van der Waals surface area contributed by atoms with Crippen LogP contribution in [0.4, 0.5) is 19.2 Å². The molecule has 2 aromatic heterocycles. The van der Waals surface area contributed by atoms with Crippen molar-refractivity contribution >= 4 is 28.5 Å². The molecular formula is C20H21F3N4O2S. The highest BCUT2D eigenvalue weighted by Gasteiger charge is 2.42. The molecule has 30 heavy (non-hydrogen) atoms. The average Bonchev–Trinajstić information content (AvgIpc) is 3.28. The molecule has 3 aliphatic rings. The van der Waals surface area contributed by atoms with E-state index in [0.29, 0.717) is 33.6 Å². The number of hydrogen-bond acceptors (Lipinski definition) is 7. The van der Waals surface area contributed by atoms with Gasteiger partial charge in [0.25, 0.3) is 6.01 Å². The summed E-state index contributed by atoms with van der Waals surface area (Å²) in [6.07, 6.45) is -2.76. The molecule has 1 N–H and O–H groups in total. The minimum Gasteiger partial charge on any atom is -0.423 e. The number of benzene rings is 1. The van der Waals surface area contributed by atoms with E-state index in [-0.39, 0.29) is 11.6 Å². The summed E-state index contributed by atoms with van der Waals surface area (Å²) in [4.78, 5) is 11.0. The van der Waals surface area contributed by atoms with E-state index < -0.39 is 12.3 Å². The van der Waals surface area contributed by atoms with E-state index in [1.807, 2.05) is 0 Å². The maximum absolute atomic E-state index is 13.5. The van der Waals surface area contributed by atoms with Crippen LogP contribution in [-0.4, -0.2) is 48.9 Å². The molecule has 0 spiro atoms. The van der Waals surface area contributed by atoms with Gasteiger partial charge in [0.1, 0.15) is 10.5 Å². The van der Waals surface area contributed by atoms with Crippen molar-refractivity contribution in [3.63, 3.8) is 0 Å². The number of aromatic nitrogens is 2. The van der Waals surface area contributed by atoms with Gasteiger partial charge in [-0.1, -0.05) is 0 Å². The molecule has 6 rings (SSSR count). The standard InChI is InChI=1S/C20H21F3N4O2S/c1-28-17(20(21,22)23)12-6-14(18-25-4-5-30-18)16-15(7-12)26-19(29-16)27-10-11-2-3-13(27)9-24-8-11/h4-7,11,13,17,24H,2-3,8-10H2,1H3. The van der Waals surface area contributed by atoms with Crippen molar-refractivity contribution in [2.75, 3.05) is 31.6 Å². The summed E-state index contributed by atoms with van der Waals surface area (Å²) in [6, 6.07) is 3.59. The molecule has 0 radical (unpaired) electrons. The Bertz CT molecular complexity index is 1030. The van der Waals surface area contributed by atoms with Gasteiger partial charge in [-0.3, -0.25) is 0 Å². The van der Waals surface area contributed by atoms with Crippen LogP contribution in [0.1, 0.15) is 24.5 Å². The first kappa shape index (κ1) is 19.8. The number of nitrogens with zero attached hydrogens (tertiary/aromatic N) is 3. The summed E-state index contributed by atoms with van der Waals surface area (Å²) in [6.45, 7) is 2.63. The van der Waals surface area contributed by atoms with Gasteiger partial charge in [-0.05, 0) is 43.0 Å². The third-order valence-corrected chi connectivity index (χ3v) is 6.67. The van der Waals surface area contributed by atoms with Crippen molar-refractivity contribution in [1.82, 2.24) is 15.3 Å². The average molecular weight is 438 g/mol. The Kier molecular flexibility index (Phi) is 4.95. The van der Waals surface area contributed by atoms with E-state index in [4.69, 9.17) is 9.15 Å². The predicted octanol–water partition coefficient (Wildman–Crippen LogP) is 4.39. The van der Waals surface area contributed by atoms with Crippen molar-refractivity contribution in [1.29, 1.82) is 0 Å². The molecule has 3 aliphatic heterocycles. The van der Waals surface area contributed by atoms with Gasteiger partial charge in [0.2, 0.25) is 0 Å². The first-order chi connectivity index (χ1) is 14.4. The van der Waals surface area contributed by atoms with E-state index in [0.717, 1.165) is 39.6 Å². The number of anilines is 1. The second-order valence-corrected chi connectivity index (χ2v) is 8.71. The van der Waals surface area contributed by atoms with E-state index >= 15 is 0 Å². The van der Waals surface area contributed by atoms with Crippen molar-refractivity contribution < 1.29 is 22.3 Å². The Hall–Kier alpha value is -2.17. The quantitative estimate of drug-likeness (QED) is 0.652. The zero-order valence-electron chi connectivity index (χ0n) is 16.3. The first-order valence-corrected chi connectivity index (χ1v) is 10.7. The molecule has 3 fully saturated rings. The molecular weight excluding hydrogens is 417 g/mol. The Morgan fingerprint density at radius 3 is 2.90 bits per heavy atom. The third-order valence-electron chi connectivity index (χ3n) is 5.86. The normalized spacial score (nSPS) is 23.1. The SMILES string of the molecule is COC(c1cc(-c2nccs2)c2oc(N3CC4CCC3CNC4)nc2c1)C(F)(F)F. The Balaban J connectivity index is 1.64. The van der Waals surface area contributed by atoms with Crippen LogP contribution in [0.2, 0.25) is 0 Å². The number of thiazole rings is 1. The number of nitrogens with one attached hydrogen (secondary N) is 1. The molecule has 0 amide bonds. The van der Waals surface area contributed by atoms with Crippen molar-refractivity contribution in [2.24, 2.45) is 5.92 Å². The molecule has 0 aliphatic carbocycles. The topological polar surface area (TPSA) is 63.4 Å². The summed E-state index contributed by atoms with van der Waals surface area (Å²) < 4.78 is 51.5. The van der Waals surface area contributed by atoms with Crippen molar-refractivity contribution in [3.8, 4) is 10.6 Å². The highest BCUT2D eigenvalue weighted by atomic mass is 32.1. The Morgan fingerprint density at radius 2 is 2.17 bits per heavy atom. The lowest BCUT2D eigenvalue weighted by atomic mass is 9.95. The lowest BCUT2D eigenvalue weighted by Crippen LogP contribution is -2.43. The lowest BCUT2D eigenvalue weighted by molar-refractivity contribution is -0.215. The highest BCUT2D eigenvalue weighted by molar-refractivity contribution is 7.13. The summed E-state index contributed by atoms with van der Waals surface area (Å²) in [7, 11) is 1.06. The van der Waals surface area contributed by atoms with E-state index in [1.165, 1.54) is 23.5 Å². The molecule has 5 heterocycles. The predicted molar refractivity (Wildman–Crippen MR) is 108 cm³/mol. The summed E-state index contributed by atoms with van der Waals surface area (Å²) in [5, 5.41) is 5.83. The molecule has 0 saturated carbocycles. The summed E-state index contributed by atoms with van der Waals surface area (Å²) in [5.74, 6) is 0.510. The van der Waals surface area contributed by atoms with Gasteiger partial charge in [0, 0.05) is 37.8 Å². The van der Waals surface area contributed by atoms with Gasteiger partial charge in [-0.15, -0.1) is 11.3 Å². The highest BCUT2D eigenvalue weighted by Crippen LogP contribution is 2.41. The smallest absolute Gasteiger partial charge is 0.418 e. The largest absolute Gasteiger partial charge is 0.423 e. The minimum atomic E-state index is -4.54. The van der Waals surface area contributed by atoms with E-state index in [1.54, 1.807) is 11.6 Å². The molecule has 160 valence electrons. The molecule has 2 bridgehead atoms.